The van der Waals surface area contributed by atoms with Crippen molar-refractivity contribution in [1.29, 1.82) is 0 Å². The molecule has 1 fully saturated rings. The second-order valence-electron chi connectivity index (χ2n) is 7.90. The van der Waals surface area contributed by atoms with Crippen molar-refractivity contribution in [2.24, 2.45) is 0 Å². The Morgan fingerprint density at radius 3 is 2.22 bits per heavy atom. The van der Waals surface area contributed by atoms with Crippen LogP contribution in [-0.2, 0) is 14.4 Å². The summed E-state index contributed by atoms with van der Waals surface area (Å²) in [6.07, 6.45) is 11.7. The first kappa shape index (κ1) is 23.4. The molecule has 1 saturated heterocycles. The highest BCUT2D eigenvalue weighted by molar-refractivity contribution is 5.94. The minimum atomic E-state index is -0.707. The molecule has 6 heteroatoms. The van der Waals surface area contributed by atoms with Gasteiger partial charge in [-0.15, -0.1) is 0 Å². The van der Waals surface area contributed by atoms with E-state index in [2.05, 4.69) is 12.2 Å². The lowest BCUT2D eigenvalue weighted by atomic mass is 9.97. The van der Waals surface area contributed by atoms with E-state index in [1.165, 1.54) is 0 Å². The number of hydrogen-bond donors (Lipinski definition) is 2. The maximum absolute atomic E-state index is 12.6. The van der Waals surface area contributed by atoms with Crippen molar-refractivity contribution in [1.82, 2.24) is 10.2 Å². The highest BCUT2D eigenvalue weighted by Crippen LogP contribution is 2.30. The lowest BCUT2D eigenvalue weighted by Crippen LogP contribution is -2.54. The normalized spacial score (nSPS) is 19.5. The molecular weight excluding hydrogens is 344 g/mol. The number of aliphatic carboxylic acids is 1. The van der Waals surface area contributed by atoms with Gasteiger partial charge in [-0.3, -0.25) is 14.4 Å². The smallest absolute Gasteiger partial charge is 0.303 e. The SMILES string of the molecule is CCCCN1C(=O)CCC1(C)C(=O)NCCCCCCCCCCC(=O)O. The second-order valence-corrected chi connectivity index (χ2v) is 7.90. The summed E-state index contributed by atoms with van der Waals surface area (Å²) in [4.78, 5) is 36.9. The van der Waals surface area contributed by atoms with Gasteiger partial charge in [-0.2, -0.15) is 0 Å². The van der Waals surface area contributed by atoms with Crippen LogP contribution in [0.4, 0.5) is 0 Å². The Hall–Kier alpha value is -1.59. The van der Waals surface area contributed by atoms with E-state index in [-0.39, 0.29) is 18.2 Å². The van der Waals surface area contributed by atoms with Crippen molar-refractivity contribution >= 4 is 17.8 Å². The average molecular weight is 383 g/mol. The molecule has 27 heavy (non-hydrogen) atoms. The predicted octanol–water partition coefficient (Wildman–Crippen LogP) is 3.88. The summed E-state index contributed by atoms with van der Waals surface area (Å²) in [5, 5.41) is 11.6. The maximum atomic E-state index is 12.6. The van der Waals surface area contributed by atoms with Crippen LogP contribution in [-0.4, -0.2) is 46.4 Å². The molecule has 156 valence electrons. The number of nitrogens with zero attached hydrogens (tertiary/aromatic N) is 1. The van der Waals surface area contributed by atoms with Crippen molar-refractivity contribution in [3.63, 3.8) is 0 Å². The molecule has 6 nitrogen and oxygen atoms in total. The molecule has 0 aromatic rings. The third-order valence-corrected chi connectivity index (χ3v) is 5.55. The Balaban J connectivity index is 2.11. The summed E-state index contributed by atoms with van der Waals surface area (Å²) < 4.78 is 0. The number of carbonyl (C=O) groups excluding carboxylic acids is 2. The number of hydrogen-bond acceptors (Lipinski definition) is 3. The van der Waals surface area contributed by atoms with Gasteiger partial charge in [-0.1, -0.05) is 51.9 Å². The molecule has 0 bridgehead atoms. The monoisotopic (exact) mass is 382 g/mol. The van der Waals surface area contributed by atoms with Crippen molar-refractivity contribution in [3.05, 3.63) is 0 Å². The number of carboxylic acid groups (broad SMARTS) is 1. The first-order valence-corrected chi connectivity index (χ1v) is 10.7. The fourth-order valence-corrected chi connectivity index (χ4v) is 3.67. The fourth-order valence-electron chi connectivity index (χ4n) is 3.67. The maximum Gasteiger partial charge on any atom is 0.303 e. The standard InChI is InChI=1S/C21H38N2O4/c1-3-4-17-23-18(24)14-15-21(23,2)20(27)22-16-12-10-8-6-5-7-9-11-13-19(25)26/h3-17H2,1-2H3,(H,22,27)(H,25,26). The van der Waals surface area contributed by atoms with Crippen LogP contribution >= 0.6 is 0 Å². The van der Waals surface area contributed by atoms with Gasteiger partial charge in [-0.05, 0) is 32.6 Å². The summed E-state index contributed by atoms with van der Waals surface area (Å²) in [5.74, 6) is -0.617. The third kappa shape index (κ3) is 8.31. The Morgan fingerprint density at radius 1 is 1.04 bits per heavy atom. The zero-order chi connectivity index (χ0) is 20.1. The number of unbranched alkanes of at least 4 members (excludes halogenated alkanes) is 8. The van der Waals surface area contributed by atoms with Crippen LogP contribution in [0.5, 0.6) is 0 Å². The van der Waals surface area contributed by atoms with Gasteiger partial charge in [0.25, 0.3) is 0 Å². The Kier molecular flexibility index (Phi) is 11.1. The summed E-state index contributed by atoms with van der Waals surface area (Å²) in [6.45, 7) is 5.33. The summed E-state index contributed by atoms with van der Waals surface area (Å²) in [6, 6.07) is 0. The quantitative estimate of drug-likeness (QED) is 0.421. The van der Waals surface area contributed by atoms with Gasteiger partial charge < -0.3 is 15.3 Å². The number of rotatable bonds is 15. The Bertz CT molecular complexity index is 481. The van der Waals surface area contributed by atoms with Crippen molar-refractivity contribution in [2.45, 2.75) is 103 Å². The van der Waals surface area contributed by atoms with Gasteiger partial charge in [0.05, 0.1) is 0 Å². The summed E-state index contributed by atoms with van der Waals surface area (Å²) in [5.41, 5.74) is -0.678. The van der Waals surface area contributed by atoms with Crippen molar-refractivity contribution in [2.75, 3.05) is 13.1 Å². The third-order valence-electron chi connectivity index (χ3n) is 5.55. The highest BCUT2D eigenvalue weighted by Gasteiger charge is 2.46. The van der Waals surface area contributed by atoms with Gasteiger partial charge in [0.2, 0.25) is 11.8 Å². The molecule has 0 radical (unpaired) electrons. The van der Waals surface area contributed by atoms with E-state index in [0.717, 1.165) is 64.2 Å². The molecule has 2 N–H and O–H groups in total. The van der Waals surface area contributed by atoms with Gasteiger partial charge in [0, 0.05) is 25.9 Å². The van der Waals surface area contributed by atoms with E-state index in [1.807, 2.05) is 6.92 Å². The fraction of sp³-hybridized carbons (Fsp3) is 0.857. The minimum absolute atomic E-state index is 0.0112. The van der Waals surface area contributed by atoms with Crippen LogP contribution in [0.25, 0.3) is 0 Å². The van der Waals surface area contributed by atoms with Crippen LogP contribution in [0.2, 0.25) is 0 Å². The van der Waals surface area contributed by atoms with Crippen LogP contribution < -0.4 is 5.32 Å². The number of likely N-dealkylation sites (tertiary alicyclic amines) is 1. The zero-order valence-corrected chi connectivity index (χ0v) is 17.2. The molecule has 1 atom stereocenters. The molecule has 0 saturated carbocycles. The van der Waals surface area contributed by atoms with Crippen molar-refractivity contribution in [3.8, 4) is 0 Å². The molecule has 1 heterocycles. The molecule has 1 unspecified atom stereocenters. The van der Waals surface area contributed by atoms with E-state index >= 15 is 0 Å². The van der Waals surface area contributed by atoms with Gasteiger partial charge in [-0.25, -0.2) is 0 Å². The number of amides is 2. The Morgan fingerprint density at radius 2 is 1.63 bits per heavy atom. The molecule has 0 spiro atoms. The van der Waals surface area contributed by atoms with E-state index in [0.29, 0.717) is 25.9 Å². The van der Waals surface area contributed by atoms with Gasteiger partial charge in [0.1, 0.15) is 5.54 Å². The van der Waals surface area contributed by atoms with Gasteiger partial charge in [0.15, 0.2) is 0 Å². The lowest BCUT2D eigenvalue weighted by Gasteiger charge is -2.34. The lowest BCUT2D eigenvalue weighted by molar-refractivity contribution is -0.140. The average Bonchev–Trinajstić information content (AvgIpc) is 2.93. The van der Waals surface area contributed by atoms with E-state index in [4.69, 9.17) is 5.11 Å². The zero-order valence-electron chi connectivity index (χ0n) is 17.2. The van der Waals surface area contributed by atoms with E-state index in [9.17, 15) is 14.4 Å². The number of nitrogens with one attached hydrogen (secondary N) is 1. The van der Waals surface area contributed by atoms with Crippen LogP contribution in [0.3, 0.4) is 0 Å². The van der Waals surface area contributed by atoms with Gasteiger partial charge >= 0.3 is 5.97 Å². The van der Waals surface area contributed by atoms with Crippen LogP contribution in [0.15, 0.2) is 0 Å². The number of carboxylic acids is 1. The first-order chi connectivity index (χ1) is 12.9. The summed E-state index contributed by atoms with van der Waals surface area (Å²) >= 11 is 0. The van der Waals surface area contributed by atoms with E-state index < -0.39 is 11.5 Å². The Labute approximate surface area is 164 Å². The first-order valence-electron chi connectivity index (χ1n) is 10.7. The molecule has 0 aromatic carbocycles. The molecule has 0 aliphatic carbocycles. The molecule has 2 amide bonds. The number of carbonyl (C=O) groups is 3. The van der Waals surface area contributed by atoms with Crippen LogP contribution in [0, 0.1) is 0 Å². The van der Waals surface area contributed by atoms with E-state index in [1.54, 1.807) is 4.90 Å². The molecular formula is C21H38N2O4. The van der Waals surface area contributed by atoms with Crippen molar-refractivity contribution < 1.29 is 19.5 Å². The topological polar surface area (TPSA) is 86.7 Å². The molecule has 1 aliphatic heterocycles. The molecule has 0 aromatic heterocycles. The van der Waals surface area contributed by atoms with Crippen LogP contribution in [0.1, 0.15) is 97.3 Å². The summed E-state index contributed by atoms with van der Waals surface area (Å²) in [7, 11) is 0. The molecule has 1 rings (SSSR count). The predicted molar refractivity (Wildman–Crippen MR) is 106 cm³/mol. The highest BCUT2D eigenvalue weighted by atomic mass is 16.4. The largest absolute Gasteiger partial charge is 0.481 e. The minimum Gasteiger partial charge on any atom is -0.481 e. The molecule has 1 aliphatic rings. The second kappa shape index (κ2) is 12.7.